The van der Waals surface area contributed by atoms with Crippen molar-refractivity contribution in [3.05, 3.63) is 87.9 Å². The van der Waals surface area contributed by atoms with Gasteiger partial charge in [0.1, 0.15) is 5.75 Å². The van der Waals surface area contributed by atoms with Crippen molar-refractivity contribution in [1.29, 1.82) is 0 Å². The number of halogens is 2. The maximum Gasteiger partial charge on any atom is 0.243 e. The molecule has 0 unspecified atom stereocenters. The van der Waals surface area contributed by atoms with Crippen LogP contribution in [0.25, 0.3) is 0 Å². The number of likely N-dealkylation sites (N-methyl/N-ethyl adjacent to an activating group) is 1. The molecule has 0 bridgehead atoms. The molecule has 0 saturated carbocycles. The Hall–Kier alpha value is -2.58. The molecule has 0 N–H and O–H groups in total. The Morgan fingerprint density at radius 1 is 1.00 bits per heavy atom. The van der Waals surface area contributed by atoms with Crippen LogP contribution in [0.5, 0.6) is 5.75 Å². The summed E-state index contributed by atoms with van der Waals surface area (Å²) in [6.07, 6.45) is 0. The van der Waals surface area contributed by atoms with E-state index in [9.17, 15) is 13.2 Å². The largest absolute Gasteiger partial charge is 0.497 e. The molecule has 0 fully saturated rings. The van der Waals surface area contributed by atoms with Crippen LogP contribution in [0.2, 0.25) is 10.0 Å². The number of carbonyl (C=O) groups excluding carboxylic acids is 1. The van der Waals surface area contributed by atoms with E-state index in [2.05, 4.69) is 0 Å². The second-order valence-corrected chi connectivity index (χ2v) is 10.3. The average Bonchev–Trinajstić information content (AvgIpc) is 2.79. The summed E-state index contributed by atoms with van der Waals surface area (Å²) in [4.78, 5) is 14.6. The fourth-order valence-corrected chi connectivity index (χ4v) is 4.98. The Morgan fingerprint density at radius 3 is 2.33 bits per heavy atom. The topological polar surface area (TPSA) is 66.9 Å². The van der Waals surface area contributed by atoms with Gasteiger partial charge in [0.05, 0.1) is 18.6 Å². The number of methoxy groups -OCH3 is 1. The predicted molar refractivity (Wildman–Crippen MR) is 132 cm³/mol. The van der Waals surface area contributed by atoms with Crippen molar-refractivity contribution in [2.75, 3.05) is 25.6 Å². The number of benzene rings is 3. The van der Waals surface area contributed by atoms with Gasteiger partial charge in [0, 0.05) is 35.4 Å². The van der Waals surface area contributed by atoms with E-state index in [1.807, 2.05) is 6.92 Å². The molecule has 0 aliphatic rings. The van der Waals surface area contributed by atoms with Gasteiger partial charge in [-0.05, 0) is 48.9 Å². The van der Waals surface area contributed by atoms with Gasteiger partial charge in [-0.2, -0.15) is 4.31 Å². The zero-order valence-corrected chi connectivity index (χ0v) is 20.8. The molecule has 1 amide bonds. The number of nitrogens with zero attached hydrogens (tertiary/aromatic N) is 2. The first-order valence-corrected chi connectivity index (χ1v) is 12.2. The highest BCUT2D eigenvalue weighted by molar-refractivity contribution is 7.89. The predicted octanol–water partition coefficient (Wildman–Crippen LogP) is 5.16. The van der Waals surface area contributed by atoms with Gasteiger partial charge in [-0.25, -0.2) is 8.42 Å². The number of carbonyl (C=O) groups is 1. The summed E-state index contributed by atoms with van der Waals surface area (Å²) < 4.78 is 33.3. The van der Waals surface area contributed by atoms with Gasteiger partial charge in [-0.1, -0.05) is 53.0 Å². The summed E-state index contributed by atoms with van der Waals surface area (Å²) in [6.45, 7) is 1.39. The van der Waals surface area contributed by atoms with E-state index in [1.165, 1.54) is 24.1 Å². The van der Waals surface area contributed by atoms with Crippen LogP contribution in [0.3, 0.4) is 0 Å². The standard InChI is InChI=1S/C24H24Cl2N2O4S/c1-17-7-11-22(12-8-17)33(30,31)28(15-18-9-10-19(25)13-23(18)26)16-24(29)27(2)20-5-4-6-21(14-20)32-3/h4-14H,15-16H2,1-3H3. The summed E-state index contributed by atoms with van der Waals surface area (Å²) in [5.41, 5.74) is 2.04. The quantitative estimate of drug-likeness (QED) is 0.422. The number of hydrogen-bond acceptors (Lipinski definition) is 4. The van der Waals surface area contributed by atoms with Crippen LogP contribution in [0, 0.1) is 6.92 Å². The Balaban J connectivity index is 1.95. The number of amides is 1. The van der Waals surface area contributed by atoms with Crippen molar-refractivity contribution in [1.82, 2.24) is 4.31 Å². The number of sulfonamides is 1. The molecule has 0 saturated heterocycles. The Kier molecular flexibility index (Phi) is 8.02. The third-order valence-corrected chi connectivity index (χ3v) is 7.54. The monoisotopic (exact) mass is 506 g/mol. The van der Waals surface area contributed by atoms with Crippen LogP contribution in [-0.2, 0) is 21.4 Å². The van der Waals surface area contributed by atoms with E-state index in [1.54, 1.807) is 61.6 Å². The zero-order chi connectivity index (χ0) is 24.2. The van der Waals surface area contributed by atoms with Crippen LogP contribution >= 0.6 is 23.2 Å². The Labute approximate surface area is 204 Å². The number of rotatable bonds is 8. The third-order valence-electron chi connectivity index (χ3n) is 5.15. The molecule has 0 aromatic heterocycles. The molecular formula is C24H24Cl2N2O4S. The van der Waals surface area contributed by atoms with Crippen LogP contribution in [-0.4, -0.2) is 39.3 Å². The molecule has 9 heteroatoms. The van der Waals surface area contributed by atoms with Crippen LogP contribution in [0.1, 0.15) is 11.1 Å². The molecule has 0 atom stereocenters. The minimum Gasteiger partial charge on any atom is -0.497 e. The molecule has 174 valence electrons. The van der Waals surface area contributed by atoms with Crippen molar-refractivity contribution in [2.45, 2.75) is 18.4 Å². The summed E-state index contributed by atoms with van der Waals surface area (Å²) in [6, 6.07) is 18.3. The summed E-state index contributed by atoms with van der Waals surface area (Å²) in [5.74, 6) is 0.174. The van der Waals surface area contributed by atoms with Gasteiger partial charge in [-0.3, -0.25) is 4.79 Å². The first-order valence-electron chi connectivity index (χ1n) is 10.0. The summed E-state index contributed by atoms with van der Waals surface area (Å²) in [7, 11) is -0.876. The maximum absolute atomic E-state index is 13.5. The second kappa shape index (κ2) is 10.6. The van der Waals surface area contributed by atoms with Crippen molar-refractivity contribution in [2.24, 2.45) is 0 Å². The van der Waals surface area contributed by atoms with E-state index < -0.39 is 15.9 Å². The highest BCUT2D eigenvalue weighted by Crippen LogP contribution is 2.26. The molecule has 0 radical (unpaired) electrons. The molecule has 33 heavy (non-hydrogen) atoms. The van der Waals surface area contributed by atoms with Crippen molar-refractivity contribution in [3.8, 4) is 5.75 Å². The van der Waals surface area contributed by atoms with Gasteiger partial charge in [0.25, 0.3) is 0 Å². The third kappa shape index (κ3) is 6.06. The minimum absolute atomic E-state index is 0.0926. The van der Waals surface area contributed by atoms with E-state index in [4.69, 9.17) is 27.9 Å². The van der Waals surface area contributed by atoms with Gasteiger partial charge in [-0.15, -0.1) is 0 Å². The van der Waals surface area contributed by atoms with Crippen molar-refractivity contribution < 1.29 is 17.9 Å². The fraction of sp³-hybridized carbons (Fsp3) is 0.208. The van der Waals surface area contributed by atoms with E-state index in [0.717, 1.165) is 9.87 Å². The number of aryl methyl sites for hydroxylation is 1. The smallest absolute Gasteiger partial charge is 0.243 e. The van der Waals surface area contributed by atoms with Gasteiger partial charge >= 0.3 is 0 Å². The molecule has 3 aromatic carbocycles. The van der Waals surface area contributed by atoms with Crippen LogP contribution in [0.4, 0.5) is 5.69 Å². The van der Waals surface area contributed by atoms with E-state index in [-0.39, 0.29) is 18.0 Å². The molecule has 0 aliphatic heterocycles. The second-order valence-electron chi connectivity index (χ2n) is 7.48. The average molecular weight is 507 g/mol. The molecule has 0 aliphatic carbocycles. The van der Waals surface area contributed by atoms with Crippen LogP contribution in [0.15, 0.2) is 71.6 Å². The number of hydrogen-bond donors (Lipinski definition) is 0. The molecule has 6 nitrogen and oxygen atoms in total. The highest BCUT2D eigenvalue weighted by atomic mass is 35.5. The van der Waals surface area contributed by atoms with Crippen molar-refractivity contribution in [3.63, 3.8) is 0 Å². The number of ether oxygens (including phenoxy) is 1. The van der Waals surface area contributed by atoms with Gasteiger partial charge < -0.3 is 9.64 Å². The minimum atomic E-state index is -4.00. The molecular weight excluding hydrogens is 483 g/mol. The first-order chi connectivity index (χ1) is 15.6. The lowest BCUT2D eigenvalue weighted by atomic mass is 10.2. The van der Waals surface area contributed by atoms with Gasteiger partial charge in [0.15, 0.2) is 0 Å². The lowest BCUT2D eigenvalue weighted by Gasteiger charge is -2.25. The maximum atomic E-state index is 13.5. The van der Waals surface area contributed by atoms with E-state index in [0.29, 0.717) is 27.0 Å². The highest BCUT2D eigenvalue weighted by Gasteiger charge is 2.29. The summed E-state index contributed by atoms with van der Waals surface area (Å²) >= 11 is 12.3. The van der Waals surface area contributed by atoms with Crippen molar-refractivity contribution >= 4 is 44.8 Å². The first kappa shape index (κ1) is 25.1. The SMILES string of the molecule is COc1cccc(N(C)C(=O)CN(Cc2ccc(Cl)cc2Cl)S(=O)(=O)c2ccc(C)cc2)c1. The lowest BCUT2D eigenvalue weighted by molar-refractivity contribution is -0.118. The molecule has 3 rings (SSSR count). The lowest BCUT2D eigenvalue weighted by Crippen LogP contribution is -2.41. The van der Waals surface area contributed by atoms with E-state index >= 15 is 0 Å². The zero-order valence-electron chi connectivity index (χ0n) is 18.5. The molecule has 0 spiro atoms. The number of anilines is 1. The fourth-order valence-electron chi connectivity index (χ4n) is 3.15. The Bertz CT molecular complexity index is 1250. The van der Waals surface area contributed by atoms with Crippen LogP contribution < -0.4 is 9.64 Å². The summed E-state index contributed by atoms with van der Waals surface area (Å²) in [5, 5.41) is 0.755. The molecule has 3 aromatic rings. The Morgan fingerprint density at radius 2 is 1.70 bits per heavy atom. The normalized spacial score (nSPS) is 11.5. The molecule has 0 heterocycles. The van der Waals surface area contributed by atoms with Gasteiger partial charge in [0.2, 0.25) is 15.9 Å².